The van der Waals surface area contributed by atoms with Crippen LogP contribution in [0.25, 0.3) is 10.9 Å². The largest absolute Gasteiger partial charge is 0.497 e. The molecule has 1 aromatic heterocycles. The Hall–Kier alpha value is -2.50. The van der Waals surface area contributed by atoms with Gasteiger partial charge in [-0.05, 0) is 44.9 Å². The first kappa shape index (κ1) is 17.3. The van der Waals surface area contributed by atoms with Gasteiger partial charge in [-0.25, -0.2) is 0 Å². The van der Waals surface area contributed by atoms with Crippen LogP contribution in [0.3, 0.4) is 0 Å². The van der Waals surface area contributed by atoms with Crippen molar-refractivity contribution >= 4 is 22.7 Å². The lowest BCUT2D eigenvalue weighted by molar-refractivity contribution is -0.123. The number of hydrogen-bond acceptors (Lipinski definition) is 3. The van der Waals surface area contributed by atoms with Gasteiger partial charge >= 0.3 is 0 Å². The maximum absolute atomic E-state index is 13.3. The van der Waals surface area contributed by atoms with E-state index in [2.05, 4.69) is 11.5 Å². The van der Waals surface area contributed by atoms with E-state index in [1.807, 2.05) is 25.1 Å². The molecule has 1 aromatic carbocycles. The van der Waals surface area contributed by atoms with Crippen LogP contribution in [0.2, 0.25) is 0 Å². The number of hydrogen-bond donors (Lipinski definition) is 1. The minimum absolute atomic E-state index is 0.0334. The standard InChI is InChI=1S/C19H25N3O3/c1-4-22-12(2)17(15-10-14(25-3)7-8-16(15)22)19(24)21-9-5-6-13(11-21)18(20)23/h7-8,10,13H,4-6,9,11H2,1-3H3,(H2,20,23)/t13-/m0/s1. The minimum atomic E-state index is -0.327. The summed E-state index contributed by atoms with van der Waals surface area (Å²) in [7, 11) is 1.62. The van der Waals surface area contributed by atoms with Crippen LogP contribution in [-0.2, 0) is 11.3 Å². The molecular formula is C19H25N3O3. The van der Waals surface area contributed by atoms with E-state index < -0.39 is 0 Å². The minimum Gasteiger partial charge on any atom is -0.497 e. The number of carbonyl (C=O) groups excluding carboxylic acids is 2. The van der Waals surface area contributed by atoms with Gasteiger partial charge in [-0.2, -0.15) is 0 Å². The Morgan fingerprint density at radius 1 is 1.36 bits per heavy atom. The molecule has 1 fully saturated rings. The summed E-state index contributed by atoms with van der Waals surface area (Å²) in [6.07, 6.45) is 1.55. The van der Waals surface area contributed by atoms with Crippen LogP contribution in [-0.4, -0.2) is 41.5 Å². The third-order valence-corrected chi connectivity index (χ3v) is 5.17. The van der Waals surface area contributed by atoms with E-state index >= 15 is 0 Å². The molecule has 0 spiro atoms. The maximum Gasteiger partial charge on any atom is 0.256 e. The Balaban J connectivity index is 2.06. The zero-order valence-corrected chi connectivity index (χ0v) is 15.0. The van der Waals surface area contributed by atoms with E-state index in [1.54, 1.807) is 12.0 Å². The molecule has 0 radical (unpaired) electrons. The summed E-state index contributed by atoms with van der Waals surface area (Å²) in [5, 5.41) is 0.893. The second kappa shape index (κ2) is 6.78. The number of rotatable bonds is 4. The number of amides is 2. The molecule has 1 saturated heterocycles. The van der Waals surface area contributed by atoms with E-state index in [0.717, 1.165) is 41.7 Å². The normalized spacial score (nSPS) is 17.7. The van der Waals surface area contributed by atoms with Crippen molar-refractivity contribution < 1.29 is 14.3 Å². The number of aryl methyl sites for hydroxylation is 1. The highest BCUT2D eigenvalue weighted by molar-refractivity contribution is 6.09. The van der Waals surface area contributed by atoms with Crippen molar-refractivity contribution in [3.8, 4) is 5.75 Å². The molecule has 6 nitrogen and oxygen atoms in total. The summed E-state index contributed by atoms with van der Waals surface area (Å²) in [4.78, 5) is 26.6. The molecule has 6 heteroatoms. The lowest BCUT2D eigenvalue weighted by atomic mass is 9.96. The van der Waals surface area contributed by atoms with Gasteiger partial charge < -0.3 is 19.9 Å². The topological polar surface area (TPSA) is 77.6 Å². The van der Waals surface area contributed by atoms with Crippen molar-refractivity contribution in [3.63, 3.8) is 0 Å². The van der Waals surface area contributed by atoms with E-state index in [4.69, 9.17) is 10.5 Å². The summed E-state index contributed by atoms with van der Waals surface area (Å²) < 4.78 is 7.47. The lowest BCUT2D eigenvalue weighted by Gasteiger charge is -2.31. The quantitative estimate of drug-likeness (QED) is 0.925. The molecule has 0 saturated carbocycles. The summed E-state index contributed by atoms with van der Waals surface area (Å²) in [6.45, 7) is 5.88. The zero-order valence-electron chi connectivity index (χ0n) is 15.0. The lowest BCUT2D eigenvalue weighted by Crippen LogP contribution is -2.44. The molecule has 1 atom stereocenters. The first-order valence-electron chi connectivity index (χ1n) is 8.73. The number of fused-ring (bicyclic) bond motifs is 1. The number of piperidine rings is 1. The average molecular weight is 343 g/mol. The number of benzene rings is 1. The van der Waals surface area contributed by atoms with Gasteiger partial charge in [0.05, 0.1) is 18.6 Å². The van der Waals surface area contributed by atoms with Gasteiger partial charge in [0.15, 0.2) is 0 Å². The van der Waals surface area contributed by atoms with Crippen LogP contribution in [0, 0.1) is 12.8 Å². The molecule has 2 aromatic rings. The second-order valence-corrected chi connectivity index (χ2v) is 6.58. The molecule has 2 heterocycles. The van der Waals surface area contributed by atoms with Crippen molar-refractivity contribution in [2.24, 2.45) is 11.7 Å². The highest BCUT2D eigenvalue weighted by Crippen LogP contribution is 2.31. The van der Waals surface area contributed by atoms with Gasteiger partial charge in [0.1, 0.15) is 5.75 Å². The fourth-order valence-corrected chi connectivity index (χ4v) is 3.82. The predicted molar refractivity (Wildman–Crippen MR) is 96.7 cm³/mol. The summed E-state index contributed by atoms with van der Waals surface area (Å²) in [5.74, 6) is 0.108. The van der Waals surface area contributed by atoms with Crippen LogP contribution in [0.1, 0.15) is 35.8 Å². The van der Waals surface area contributed by atoms with Gasteiger partial charge in [-0.1, -0.05) is 0 Å². The fraction of sp³-hybridized carbons (Fsp3) is 0.474. The molecule has 2 amide bonds. The molecule has 3 rings (SSSR count). The molecule has 25 heavy (non-hydrogen) atoms. The Bertz CT molecular complexity index is 825. The van der Waals surface area contributed by atoms with Crippen LogP contribution in [0.4, 0.5) is 0 Å². The van der Waals surface area contributed by atoms with E-state index in [0.29, 0.717) is 18.7 Å². The van der Waals surface area contributed by atoms with Gasteiger partial charge in [0.2, 0.25) is 5.91 Å². The van der Waals surface area contributed by atoms with E-state index in [-0.39, 0.29) is 17.7 Å². The number of aromatic nitrogens is 1. The second-order valence-electron chi connectivity index (χ2n) is 6.58. The number of nitrogens with zero attached hydrogens (tertiary/aromatic N) is 2. The van der Waals surface area contributed by atoms with Crippen LogP contribution in [0.5, 0.6) is 5.75 Å². The predicted octanol–water partition coefficient (Wildman–Crippen LogP) is 2.32. The number of ether oxygens (including phenoxy) is 1. The molecule has 0 bridgehead atoms. The number of likely N-dealkylation sites (tertiary alicyclic amines) is 1. The number of nitrogens with two attached hydrogens (primary N) is 1. The zero-order chi connectivity index (χ0) is 18.1. The van der Waals surface area contributed by atoms with Crippen molar-refractivity contribution in [1.82, 2.24) is 9.47 Å². The molecule has 0 unspecified atom stereocenters. The molecule has 2 N–H and O–H groups in total. The fourth-order valence-electron chi connectivity index (χ4n) is 3.82. The Labute approximate surface area is 147 Å². The SMILES string of the molecule is CCn1c(C)c(C(=O)N2CCC[C@H](C(N)=O)C2)c2cc(OC)ccc21. The van der Waals surface area contributed by atoms with Crippen molar-refractivity contribution in [1.29, 1.82) is 0 Å². The van der Waals surface area contributed by atoms with Gasteiger partial charge in [-0.3, -0.25) is 9.59 Å². The highest BCUT2D eigenvalue weighted by Gasteiger charge is 2.30. The highest BCUT2D eigenvalue weighted by atomic mass is 16.5. The van der Waals surface area contributed by atoms with Gasteiger partial charge in [0.25, 0.3) is 5.91 Å². The Morgan fingerprint density at radius 3 is 2.76 bits per heavy atom. The third-order valence-electron chi connectivity index (χ3n) is 5.17. The molecule has 1 aliphatic heterocycles. The first-order chi connectivity index (χ1) is 12.0. The van der Waals surface area contributed by atoms with Gasteiger partial charge in [-0.15, -0.1) is 0 Å². The third kappa shape index (κ3) is 2.97. The Morgan fingerprint density at radius 2 is 2.12 bits per heavy atom. The summed E-state index contributed by atoms with van der Waals surface area (Å²) in [5.41, 5.74) is 8.11. The van der Waals surface area contributed by atoms with Crippen molar-refractivity contribution in [2.75, 3.05) is 20.2 Å². The number of carbonyl (C=O) groups is 2. The molecular weight excluding hydrogens is 318 g/mol. The van der Waals surface area contributed by atoms with Crippen LogP contribution < -0.4 is 10.5 Å². The molecule has 1 aliphatic rings. The van der Waals surface area contributed by atoms with Gasteiger partial charge in [0, 0.05) is 36.2 Å². The smallest absolute Gasteiger partial charge is 0.256 e. The maximum atomic E-state index is 13.3. The monoisotopic (exact) mass is 343 g/mol. The average Bonchev–Trinajstić information content (AvgIpc) is 2.91. The number of primary amides is 1. The van der Waals surface area contributed by atoms with E-state index in [1.165, 1.54) is 0 Å². The van der Waals surface area contributed by atoms with Crippen LogP contribution in [0.15, 0.2) is 18.2 Å². The Kier molecular flexibility index (Phi) is 4.70. The van der Waals surface area contributed by atoms with Crippen molar-refractivity contribution in [3.05, 3.63) is 29.5 Å². The van der Waals surface area contributed by atoms with Crippen LogP contribution >= 0.6 is 0 Å². The van der Waals surface area contributed by atoms with E-state index in [9.17, 15) is 9.59 Å². The summed E-state index contributed by atoms with van der Waals surface area (Å²) in [6, 6.07) is 5.81. The van der Waals surface area contributed by atoms with Crippen molar-refractivity contribution in [2.45, 2.75) is 33.2 Å². The molecule has 0 aliphatic carbocycles. The summed E-state index contributed by atoms with van der Waals surface area (Å²) >= 11 is 0. The number of methoxy groups -OCH3 is 1. The first-order valence-corrected chi connectivity index (χ1v) is 8.73. The molecule has 134 valence electrons.